The van der Waals surface area contributed by atoms with E-state index >= 15 is 0 Å². The maximum absolute atomic E-state index is 13.8. The molecular formula is C27H36ClN3O6S. The third-order valence-electron chi connectivity index (χ3n) is 6.27. The first kappa shape index (κ1) is 29.6. The van der Waals surface area contributed by atoms with E-state index in [0.717, 1.165) is 22.7 Å². The van der Waals surface area contributed by atoms with Crippen LogP contribution in [0.1, 0.15) is 45.6 Å². The van der Waals surface area contributed by atoms with E-state index in [4.69, 9.17) is 21.1 Å². The van der Waals surface area contributed by atoms with E-state index in [9.17, 15) is 18.0 Å². The van der Waals surface area contributed by atoms with Crippen LogP contribution in [0.15, 0.2) is 42.5 Å². The van der Waals surface area contributed by atoms with E-state index in [2.05, 4.69) is 5.32 Å². The van der Waals surface area contributed by atoms with Gasteiger partial charge in [-0.3, -0.25) is 13.9 Å². The van der Waals surface area contributed by atoms with Gasteiger partial charge in [0.25, 0.3) is 0 Å². The predicted octanol–water partition coefficient (Wildman–Crippen LogP) is 3.99. The summed E-state index contributed by atoms with van der Waals surface area (Å²) in [7, 11) is -3.85. The highest BCUT2D eigenvalue weighted by atomic mass is 35.5. The van der Waals surface area contributed by atoms with Crippen molar-refractivity contribution >= 4 is 39.1 Å². The van der Waals surface area contributed by atoms with Crippen molar-refractivity contribution in [1.82, 2.24) is 10.2 Å². The lowest BCUT2D eigenvalue weighted by molar-refractivity contribution is -0.140. The molecular weight excluding hydrogens is 530 g/mol. The molecule has 1 atom stereocenters. The lowest BCUT2D eigenvalue weighted by Crippen LogP contribution is -2.52. The third-order valence-corrected chi connectivity index (χ3v) is 8.27. The minimum absolute atomic E-state index is 0.122. The highest BCUT2D eigenvalue weighted by Crippen LogP contribution is 2.35. The Balaban J connectivity index is 1.95. The number of nitrogens with zero attached hydrogens (tertiary/aromatic N) is 2. The lowest BCUT2D eigenvalue weighted by atomic mass is 10.1. The van der Waals surface area contributed by atoms with Gasteiger partial charge in [0, 0.05) is 24.2 Å². The second-order valence-electron chi connectivity index (χ2n) is 8.95. The van der Waals surface area contributed by atoms with Crippen molar-refractivity contribution in [3.8, 4) is 11.5 Å². The molecule has 0 saturated carbocycles. The van der Waals surface area contributed by atoms with Crippen LogP contribution in [-0.2, 0) is 26.2 Å². The Morgan fingerprint density at radius 2 is 1.71 bits per heavy atom. The van der Waals surface area contributed by atoms with Gasteiger partial charge in [-0.15, -0.1) is 0 Å². The Morgan fingerprint density at radius 3 is 2.34 bits per heavy atom. The highest BCUT2D eigenvalue weighted by Gasteiger charge is 2.32. The second kappa shape index (κ2) is 13.7. The molecule has 2 aromatic rings. The minimum atomic E-state index is -3.85. The van der Waals surface area contributed by atoms with E-state index < -0.39 is 28.5 Å². The normalized spacial score (nSPS) is 13.5. The van der Waals surface area contributed by atoms with Gasteiger partial charge in [-0.2, -0.15) is 0 Å². The molecule has 9 nitrogen and oxygen atoms in total. The molecule has 0 saturated heterocycles. The van der Waals surface area contributed by atoms with Crippen molar-refractivity contribution in [2.75, 3.05) is 36.4 Å². The monoisotopic (exact) mass is 565 g/mol. The lowest BCUT2D eigenvalue weighted by Gasteiger charge is -2.33. The summed E-state index contributed by atoms with van der Waals surface area (Å²) < 4.78 is 38.6. The molecule has 0 fully saturated rings. The summed E-state index contributed by atoms with van der Waals surface area (Å²) in [5, 5.41) is 3.46. The maximum atomic E-state index is 13.8. The number of halogens is 1. The number of anilines is 1. The van der Waals surface area contributed by atoms with E-state index in [1.165, 1.54) is 11.8 Å². The number of hydrogen-bond donors (Lipinski definition) is 1. The van der Waals surface area contributed by atoms with Gasteiger partial charge >= 0.3 is 0 Å². The zero-order chi connectivity index (χ0) is 27.7. The van der Waals surface area contributed by atoms with Crippen LogP contribution in [0.3, 0.4) is 0 Å². The first-order valence-corrected chi connectivity index (χ1v) is 14.9. The summed E-state index contributed by atoms with van der Waals surface area (Å²) in [6, 6.07) is 11.0. The third kappa shape index (κ3) is 7.54. The molecule has 1 unspecified atom stereocenters. The Bertz CT molecular complexity index is 1210. The smallest absolute Gasteiger partial charge is 0.244 e. The van der Waals surface area contributed by atoms with Crippen LogP contribution in [-0.4, -0.2) is 63.2 Å². The molecule has 0 radical (unpaired) electrons. The van der Waals surface area contributed by atoms with Crippen molar-refractivity contribution in [3.05, 3.63) is 53.1 Å². The molecule has 38 heavy (non-hydrogen) atoms. The Kier molecular flexibility index (Phi) is 10.7. The van der Waals surface area contributed by atoms with Crippen LogP contribution in [0.25, 0.3) is 0 Å². The van der Waals surface area contributed by atoms with Crippen molar-refractivity contribution < 1.29 is 27.5 Å². The zero-order valence-electron chi connectivity index (χ0n) is 22.1. The average molecular weight is 566 g/mol. The van der Waals surface area contributed by atoms with E-state index in [1.807, 2.05) is 13.8 Å². The fourth-order valence-corrected chi connectivity index (χ4v) is 5.30. The van der Waals surface area contributed by atoms with Gasteiger partial charge in [0.05, 0.1) is 11.4 Å². The van der Waals surface area contributed by atoms with Crippen LogP contribution in [0.2, 0.25) is 5.02 Å². The van der Waals surface area contributed by atoms with Gasteiger partial charge in [0.15, 0.2) is 11.5 Å². The summed E-state index contributed by atoms with van der Waals surface area (Å²) in [5.41, 5.74) is 1.06. The Labute approximate surface area is 230 Å². The molecule has 0 spiro atoms. The minimum Gasteiger partial charge on any atom is -0.486 e. The number of benzene rings is 2. The summed E-state index contributed by atoms with van der Waals surface area (Å²) >= 11 is 6.04. The SMILES string of the molecule is CCCCNC(=O)C(CC)N(Cc1ccc(Cl)cc1)C(=O)CN(c1ccc2c(c1)OCCO2)S(=O)(=O)CC. The van der Waals surface area contributed by atoms with Crippen LogP contribution >= 0.6 is 11.6 Å². The van der Waals surface area contributed by atoms with Crippen molar-refractivity contribution in [2.24, 2.45) is 0 Å². The summed E-state index contributed by atoms with van der Waals surface area (Å²) in [5.74, 6) is -0.0471. The first-order valence-electron chi connectivity index (χ1n) is 12.9. The number of sulfonamides is 1. The summed E-state index contributed by atoms with van der Waals surface area (Å²) in [6.07, 6.45) is 2.10. The molecule has 0 aliphatic carbocycles. The number of amides is 2. The number of fused-ring (bicyclic) bond motifs is 1. The molecule has 208 valence electrons. The number of rotatable bonds is 13. The van der Waals surface area contributed by atoms with Gasteiger partial charge in [-0.05, 0) is 49.6 Å². The van der Waals surface area contributed by atoms with Gasteiger partial charge in [0.1, 0.15) is 25.8 Å². The quantitative estimate of drug-likeness (QED) is 0.368. The summed E-state index contributed by atoms with van der Waals surface area (Å²) in [4.78, 5) is 28.4. The first-order chi connectivity index (χ1) is 18.2. The summed E-state index contributed by atoms with van der Waals surface area (Å²) in [6.45, 7) is 6.28. The standard InChI is InChI=1S/C27H36ClN3O6S/c1-4-7-14-29-27(33)23(5-2)30(18-20-8-10-21(28)11-9-20)26(32)19-31(38(34,35)6-3)22-12-13-24-25(17-22)37-16-15-36-24/h8-13,17,23H,4-7,14-16,18-19H2,1-3H3,(H,29,33). The highest BCUT2D eigenvalue weighted by molar-refractivity contribution is 7.92. The van der Waals surface area contributed by atoms with Crippen molar-refractivity contribution in [3.63, 3.8) is 0 Å². The molecule has 11 heteroatoms. The van der Waals surface area contributed by atoms with Gasteiger partial charge in [0.2, 0.25) is 21.8 Å². The molecule has 2 aromatic carbocycles. The average Bonchev–Trinajstić information content (AvgIpc) is 2.92. The van der Waals surface area contributed by atoms with Crippen molar-refractivity contribution in [1.29, 1.82) is 0 Å². The van der Waals surface area contributed by atoms with Crippen LogP contribution in [0.4, 0.5) is 5.69 Å². The van der Waals surface area contributed by atoms with E-state index in [1.54, 1.807) is 42.5 Å². The predicted molar refractivity (Wildman–Crippen MR) is 148 cm³/mol. The molecule has 0 bridgehead atoms. The van der Waals surface area contributed by atoms with Crippen LogP contribution in [0, 0.1) is 0 Å². The van der Waals surface area contributed by atoms with Crippen molar-refractivity contribution in [2.45, 2.75) is 52.6 Å². The molecule has 1 N–H and O–H groups in total. The number of carbonyl (C=O) groups is 2. The molecule has 1 aliphatic heterocycles. The maximum Gasteiger partial charge on any atom is 0.244 e. The Hall–Kier alpha value is -2.98. The fraction of sp³-hybridized carbons (Fsp3) is 0.481. The number of unbranched alkanes of at least 4 members (excludes halogenated alkanes) is 1. The zero-order valence-corrected chi connectivity index (χ0v) is 23.7. The fourth-order valence-electron chi connectivity index (χ4n) is 4.12. The van der Waals surface area contributed by atoms with Gasteiger partial charge in [-0.25, -0.2) is 8.42 Å². The van der Waals surface area contributed by atoms with E-state index in [-0.39, 0.29) is 23.9 Å². The Morgan fingerprint density at radius 1 is 1.03 bits per heavy atom. The molecule has 0 aromatic heterocycles. The molecule has 1 aliphatic rings. The number of carbonyl (C=O) groups excluding carboxylic acids is 2. The second-order valence-corrected chi connectivity index (χ2v) is 11.6. The topological polar surface area (TPSA) is 105 Å². The number of ether oxygens (including phenoxy) is 2. The molecule has 2 amide bonds. The van der Waals surface area contributed by atoms with E-state index in [0.29, 0.717) is 42.7 Å². The number of nitrogens with one attached hydrogen (secondary N) is 1. The number of hydrogen-bond acceptors (Lipinski definition) is 6. The van der Waals surface area contributed by atoms with Crippen LogP contribution in [0.5, 0.6) is 11.5 Å². The van der Waals surface area contributed by atoms with Gasteiger partial charge in [-0.1, -0.05) is 44.0 Å². The molecule has 3 rings (SSSR count). The largest absolute Gasteiger partial charge is 0.486 e. The molecule has 1 heterocycles. The van der Waals surface area contributed by atoms with Gasteiger partial charge < -0.3 is 19.7 Å². The van der Waals surface area contributed by atoms with Crippen LogP contribution < -0.4 is 19.1 Å².